The Hall–Kier alpha value is -1.62. The molecule has 0 bridgehead atoms. The maximum Gasteiger partial charge on any atom is 0.163 e. The standard InChI is InChI=1S/C23H21Cl4NO2/c1-2-29-22-10-17(13-28-12-16-5-3-4-6-18(16)24)20(26)11-23(22)30-14-15-7-8-19(25)21(27)9-15/h3-11,28H,2,12-14H2,1H3. The Morgan fingerprint density at radius 3 is 2.17 bits per heavy atom. The lowest BCUT2D eigenvalue weighted by molar-refractivity contribution is 0.269. The molecule has 7 heteroatoms. The fraction of sp³-hybridized carbons (Fsp3) is 0.217. The van der Waals surface area contributed by atoms with Crippen molar-refractivity contribution in [2.24, 2.45) is 0 Å². The van der Waals surface area contributed by atoms with Crippen molar-refractivity contribution in [1.82, 2.24) is 5.32 Å². The monoisotopic (exact) mass is 483 g/mol. The van der Waals surface area contributed by atoms with Crippen LogP contribution in [-0.4, -0.2) is 6.61 Å². The van der Waals surface area contributed by atoms with E-state index in [-0.39, 0.29) is 0 Å². The average Bonchev–Trinajstić information content (AvgIpc) is 2.73. The molecule has 158 valence electrons. The van der Waals surface area contributed by atoms with Gasteiger partial charge in [-0.1, -0.05) is 70.7 Å². The van der Waals surface area contributed by atoms with Crippen molar-refractivity contribution >= 4 is 46.4 Å². The van der Waals surface area contributed by atoms with Crippen LogP contribution in [0.1, 0.15) is 23.6 Å². The van der Waals surface area contributed by atoms with E-state index >= 15 is 0 Å². The predicted molar refractivity (Wildman–Crippen MR) is 125 cm³/mol. The minimum absolute atomic E-state index is 0.317. The molecule has 0 amide bonds. The van der Waals surface area contributed by atoms with Gasteiger partial charge in [0.2, 0.25) is 0 Å². The summed E-state index contributed by atoms with van der Waals surface area (Å²) in [5.74, 6) is 1.21. The fourth-order valence-electron chi connectivity index (χ4n) is 2.86. The molecule has 0 atom stereocenters. The van der Waals surface area contributed by atoms with E-state index in [1.807, 2.05) is 43.3 Å². The Bertz CT molecular complexity index is 1010. The highest BCUT2D eigenvalue weighted by Crippen LogP contribution is 2.34. The van der Waals surface area contributed by atoms with Crippen molar-refractivity contribution in [3.8, 4) is 11.5 Å². The number of benzene rings is 3. The summed E-state index contributed by atoms with van der Waals surface area (Å²) in [7, 11) is 0. The van der Waals surface area contributed by atoms with Gasteiger partial charge >= 0.3 is 0 Å². The number of ether oxygens (including phenoxy) is 2. The molecule has 0 aliphatic rings. The molecule has 0 saturated carbocycles. The molecule has 3 rings (SSSR count). The normalized spacial score (nSPS) is 10.8. The second-order valence-corrected chi connectivity index (χ2v) is 8.18. The van der Waals surface area contributed by atoms with Gasteiger partial charge in [-0.2, -0.15) is 0 Å². The molecule has 0 aliphatic heterocycles. The second kappa shape index (κ2) is 11.1. The second-order valence-electron chi connectivity index (χ2n) is 6.56. The zero-order chi connectivity index (χ0) is 21.5. The topological polar surface area (TPSA) is 30.5 Å². The molecule has 0 aromatic heterocycles. The van der Waals surface area contributed by atoms with Crippen LogP contribution in [0.5, 0.6) is 11.5 Å². The van der Waals surface area contributed by atoms with Crippen LogP contribution in [-0.2, 0) is 19.7 Å². The summed E-state index contributed by atoms with van der Waals surface area (Å²) in [6.45, 7) is 3.95. The van der Waals surface area contributed by atoms with Crippen LogP contribution in [0, 0.1) is 0 Å². The summed E-state index contributed by atoms with van der Waals surface area (Å²) < 4.78 is 11.7. The zero-order valence-electron chi connectivity index (χ0n) is 16.4. The van der Waals surface area contributed by atoms with Crippen molar-refractivity contribution in [3.63, 3.8) is 0 Å². The first-order valence-electron chi connectivity index (χ1n) is 9.44. The molecule has 1 N–H and O–H groups in total. The SMILES string of the molecule is CCOc1cc(CNCc2ccccc2Cl)c(Cl)cc1OCc1ccc(Cl)c(Cl)c1. The smallest absolute Gasteiger partial charge is 0.163 e. The molecule has 3 nitrogen and oxygen atoms in total. The lowest BCUT2D eigenvalue weighted by Gasteiger charge is -2.16. The van der Waals surface area contributed by atoms with Crippen molar-refractivity contribution < 1.29 is 9.47 Å². The number of hydrogen-bond donors (Lipinski definition) is 1. The summed E-state index contributed by atoms with van der Waals surface area (Å²) in [4.78, 5) is 0. The summed E-state index contributed by atoms with van der Waals surface area (Å²) in [5, 5.41) is 5.68. The molecule has 0 unspecified atom stereocenters. The van der Waals surface area contributed by atoms with Gasteiger partial charge in [0.25, 0.3) is 0 Å². The molecule has 30 heavy (non-hydrogen) atoms. The zero-order valence-corrected chi connectivity index (χ0v) is 19.4. The molecule has 0 spiro atoms. The first-order chi connectivity index (χ1) is 14.5. The Morgan fingerprint density at radius 1 is 0.700 bits per heavy atom. The van der Waals surface area contributed by atoms with E-state index in [2.05, 4.69) is 5.32 Å². The van der Waals surface area contributed by atoms with Crippen LogP contribution < -0.4 is 14.8 Å². The highest BCUT2D eigenvalue weighted by molar-refractivity contribution is 6.42. The maximum atomic E-state index is 6.50. The maximum absolute atomic E-state index is 6.50. The van der Waals surface area contributed by atoms with Crippen molar-refractivity contribution in [3.05, 3.63) is 91.4 Å². The Kier molecular flexibility index (Phi) is 8.55. The molecule has 3 aromatic rings. The third-order valence-electron chi connectivity index (χ3n) is 4.38. The lowest BCUT2D eigenvalue weighted by Crippen LogP contribution is -2.13. The number of hydrogen-bond acceptors (Lipinski definition) is 3. The van der Waals surface area contributed by atoms with Gasteiger partial charge in [0.1, 0.15) is 6.61 Å². The highest BCUT2D eigenvalue weighted by Gasteiger charge is 2.12. The van der Waals surface area contributed by atoms with E-state index in [0.717, 1.165) is 21.7 Å². The first-order valence-corrected chi connectivity index (χ1v) is 10.9. The molecule has 0 heterocycles. The van der Waals surface area contributed by atoms with E-state index in [1.165, 1.54) is 0 Å². The number of rotatable bonds is 9. The molecular weight excluding hydrogens is 464 g/mol. The summed E-state index contributed by atoms with van der Waals surface area (Å²) in [6, 6.07) is 16.8. The van der Waals surface area contributed by atoms with Crippen molar-refractivity contribution in [2.45, 2.75) is 26.6 Å². The van der Waals surface area contributed by atoms with E-state index in [0.29, 0.717) is 52.9 Å². The summed E-state index contributed by atoms with van der Waals surface area (Å²) >= 11 is 24.8. The van der Waals surface area contributed by atoms with Crippen LogP contribution in [0.4, 0.5) is 0 Å². The van der Waals surface area contributed by atoms with E-state index in [4.69, 9.17) is 55.9 Å². The van der Waals surface area contributed by atoms with Gasteiger partial charge in [0, 0.05) is 29.2 Å². The summed E-state index contributed by atoms with van der Waals surface area (Å²) in [6.07, 6.45) is 0. The minimum atomic E-state index is 0.317. The fourth-order valence-corrected chi connectivity index (χ4v) is 3.60. The van der Waals surface area contributed by atoms with Gasteiger partial charge in [0.05, 0.1) is 16.7 Å². The van der Waals surface area contributed by atoms with Gasteiger partial charge in [0.15, 0.2) is 11.5 Å². The van der Waals surface area contributed by atoms with Crippen LogP contribution in [0.3, 0.4) is 0 Å². The minimum Gasteiger partial charge on any atom is -0.490 e. The van der Waals surface area contributed by atoms with E-state index < -0.39 is 0 Å². The van der Waals surface area contributed by atoms with Gasteiger partial charge in [-0.05, 0) is 47.9 Å². The van der Waals surface area contributed by atoms with Crippen molar-refractivity contribution in [1.29, 1.82) is 0 Å². The van der Waals surface area contributed by atoms with Gasteiger partial charge in [-0.15, -0.1) is 0 Å². The quantitative estimate of drug-likeness (QED) is 0.339. The van der Waals surface area contributed by atoms with Crippen LogP contribution in [0.15, 0.2) is 54.6 Å². The van der Waals surface area contributed by atoms with Gasteiger partial charge in [-0.25, -0.2) is 0 Å². The van der Waals surface area contributed by atoms with E-state index in [1.54, 1.807) is 18.2 Å². The molecule has 0 fully saturated rings. The third-order valence-corrected chi connectivity index (χ3v) is 5.84. The Balaban J connectivity index is 1.69. The van der Waals surface area contributed by atoms with Crippen molar-refractivity contribution in [2.75, 3.05) is 6.61 Å². The predicted octanol–water partition coefficient (Wildman–Crippen LogP) is 7.57. The molecule has 0 radical (unpaired) electrons. The molecule has 3 aromatic carbocycles. The van der Waals surface area contributed by atoms with Gasteiger partial charge in [-0.3, -0.25) is 0 Å². The Labute approximate surface area is 196 Å². The average molecular weight is 485 g/mol. The summed E-state index contributed by atoms with van der Waals surface area (Å²) in [5.41, 5.74) is 2.84. The van der Waals surface area contributed by atoms with Crippen LogP contribution in [0.25, 0.3) is 0 Å². The Morgan fingerprint density at radius 2 is 1.43 bits per heavy atom. The van der Waals surface area contributed by atoms with Crippen LogP contribution in [0.2, 0.25) is 20.1 Å². The molecule has 0 aliphatic carbocycles. The highest BCUT2D eigenvalue weighted by atomic mass is 35.5. The lowest BCUT2D eigenvalue weighted by atomic mass is 10.1. The van der Waals surface area contributed by atoms with Crippen LogP contribution >= 0.6 is 46.4 Å². The van der Waals surface area contributed by atoms with Gasteiger partial charge < -0.3 is 14.8 Å². The third kappa shape index (κ3) is 6.19. The number of nitrogens with one attached hydrogen (secondary N) is 1. The molecular formula is C23H21Cl4NO2. The first kappa shape index (κ1) is 23.1. The largest absolute Gasteiger partial charge is 0.490 e. The molecule has 0 saturated heterocycles. The van der Waals surface area contributed by atoms with E-state index in [9.17, 15) is 0 Å². The number of halogens is 4.